The maximum Gasteiger partial charge on any atom is 0.255 e. The number of nitrogens with zero attached hydrogens (tertiary/aromatic N) is 2. The van der Waals surface area contributed by atoms with Crippen molar-refractivity contribution in [2.24, 2.45) is 0 Å². The number of aromatic nitrogens is 1. The topological polar surface area (TPSA) is 59.6 Å². The maximum atomic E-state index is 12.4. The van der Waals surface area contributed by atoms with Gasteiger partial charge in [0.15, 0.2) is 0 Å². The molecule has 2 rings (SSSR count). The molecule has 0 radical (unpaired) electrons. The van der Waals surface area contributed by atoms with Gasteiger partial charge in [0.1, 0.15) is 0 Å². The highest BCUT2D eigenvalue weighted by Gasteiger charge is 2.36. The van der Waals surface area contributed by atoms with Crippen LogP contribution in [0.4, 0.5) is 0 Å². The van der Waals surface area contributed by atoms with Crippen LogP contribution < -0.4 is 0 Å². The number of rotatable bonds is 3. The van der Waals surface area contributed by atoms with E-state index in [1.165, 1.54) is 0 Å². The average molecular weight is 265 g/mol. The van der Waals surface area contributed by atoms with Crippen molar-refractivity contribution in [2.45, 2.75) is 25.4 Å². The Labute approximate surface area is 114 Å². The van der Waals surface area contributed by atoms with Gasteiger partial charge in [-0.15, -0.1) is 0 Å². The summed E-state index contributed by atoms with van der Waals surface area (Å²) in [6, 6.07) is 0. The van der Waals surface area contributed by atoms with Crippen LogP contribution in [0, 0.1) is 6.92 Å². The van der Waals surface area contributed by atoms with E-state index in [-0.39, 0.29) is 5.91 Å². The minimum Gasteiger partial charge on any atom is -0.387 e. The molecule has 1 aromatic rings. The van der Waals surface area contributed by atoms with Gasteiger partial charge in [-0.3, -0.25) is 4.79 Å². The summed E-state index contributed by atoms with van der Waals surface area (Å²) in [6.07, 6.45) is 5.15. The third-order valence-corrected chi connectivity index (χ3v) is 3.64. The number of hydrogen-bond donors (Lipinski definition) is 2. The monoisotopic (exact) mass is 265 g/mol. The Kier molecular flexibility index (Phi) is 3.96. The van der Waals surface area contributed by atoms with Crippen LogP contribution in [0.25, 0.3) is 0 Å². The molecular weight excluding hydrogens is 242 g/mol. The molecule has 1 amide bonds. The molecule has 0 saturated carbocycles. The van der Waals surface area contributed by atoms with Crippen LogP contribution in [0.2, 0.25) is 0 Å². The summed E-state index contributed by atoms with van der Waals surface area (Å²) in [5, 5.41) is 10.6. The van der Waals surface area contributed by atoms with Gasteiger partial charge in [-0.05, 0) is 39.4 Å². The van der Waals surface area contributed by atoms with Crippen molar-refractivity contribution >= 4 is 5.91 Å². The quantitative estimate of drug-likeness (QED) is 0.852. The fourth-order valence-electron chi connectivity index (χ4n) is 2.85. The molecule has 5 heteroatoms. The smallest absolute Gasteiger partial charge is 0.255 e. The molecule has 2 N–H and O–H groups in total. The molecule has 0 aliphatic carbocycles. The first-order valence-electron chi connectivity index (χ1n) is 6.71. The highest BCUT2D eigenvalue weighted by atomic mass is 16.3. The van der Waals surface area contributed by atoms with E-state index in [9.17, 15) is 9.90 Å². The minimum absolute atomic E-state index is 0.00984. The Balaban J connectivity index is 2.09. The molecule has 1 aliphatic rings. The largest absolute Gasteiger partial charge is 0.387 e. The normalized spacial score (nSPS) is 23.9. The maximum absolute atomic E-state index is 12.4. The third-order valence-electron chi connectivity index (χ3n) is 3.64. The van der Waals surface area contributed by atoms with Crippen LogP contribution in [0.1, 0.15) is 28.8 Å². The second kappa shape index (κ2) is 5.35. The Morgan fingerprint density at radius 2 is 2.26 bits per heavy atom. The summed E-state index contributed by atoms with van der Waals surface area (Å²) in [5.74, 6) is 0.00984. The fourth-order valence-corrected chi connectivity index (χ4v) is 2.85. The summed E-state index contributed by atoms with van der Waals surface area (Å²) in [7, 11) is 3.88. The molecule has 0 bridgehead atoms. The number of nitrogens with one attached hydrogen (secondary N) is 1. The van der Waals surface area contributed by atoms with Crippen molar-refractivity contribution < 1.29 is 9.90 Å². The molecule has 2 heterocycles. The van der Waals surface area contributed by atoms with Crippen LogP contribution >= 0.6 is 0 Å². The molecule has 1 aliphatic heterocycles. The Hall–Kier alpha value is -1.33. The van der Waals surface area contributed by atoms with Gasteiger partial charge < -0.3 is 19.9 Å². The minimum atomic E-state index is -0.790. The van der Waals surface area contributed by atoms with Crippen molar-refractivity contribution in [3.05, 3.63) is 23.5 Å². The van der Waals surface area contributed by atoms with Gasteiger partial charge in [0.2, 0.25) is 0 Å². The summed E-state index contributed by atoms with van der Waals surface area (Å²) >= 11 is 0. The van der Waals surface area contributed by atoms with Gasteiger partial charge in [0.05, 0.1) is 17.7 Å². The molecule has 1 unspecified atom stereocenters. The number of carbonyl (C=O) groups is 1. The third kappa shape index (κ3) is 3.16. The molecule has 1 fully saturated rings. The van der Waals surface area contributed by atoms with Crippen molar-refractivity contribution in [3.8, 4) is 0 Å². The molecule has 1 saturated heterocycles. The van der Waals surface area contributed by atoms with Gasteiger partial charge in [-0.25, -0.2) is 0 Å². The van der Waals surface area contributed by atoms with Crippen molar-refractivity contribution in [2.75, 3.05) is 33.7 Å². The average Bonchev–Trinajstić information content (AvgIpc) is 2.73. The van der Waals surface area contributed by atoms with E-state index < -0.39 is 5.60 Å². The number of hydrogen-bond acceptors (Lipinski definition) is 3. The van der Waals surface area contributed by atoms with Crippen molar-refractivity contribution in [1.82, 2.24) is 14.8 Å². The summed E-state index contributed by atoms with van der Waals surface area (Å²) in [6.45, 7) is 3.64. The second-order valence-electron chi connectivity index (χ2n) is 5.84. The van der Waals surface area contributed by atoms with E-state index >= 15 is 0 Å². The SMILES string of the molecule is Cc1c[nH]cc1C(=O)N1CCCC(O)(CN(C)C)C1. The number of aryl methyl sites for hydroxylation is 1. The molecule has 0 aromatic carbocycles. The Morgan fingerprint density at radius 1 is 1.53 bits per heavy atom. The number of amides is 1. The first-order chi connectivity index (χ1) is 8.91. The van der Waals surface area contributed by atoms with Crippen molar-refractivity contribution in [3.63, 3.8) is 0 Å². The number of carbonyl (C=O) groups excluding carboxylic acids is 1. The molecule has 0 spiro atoms. The number of piperidine rings is 1. The molecule has 5 nitrogen and oxygen atoms in total. The van der Waals surface area contributed by atoms with Gasteiger partial charge in [-0.1, -0.05) is 0 Å². The van der Waals surface area contributed by atoms with Gasteiger partial charge in [0, 0.05) is 25.5 Å². The molecule has 1 aromatic heterocycles. The zero-order valence-electron chi connectivity index (χ0n) is 11.9. The number of aromatic amines is 1. The molecule has 1 atom stereocenters. The fraction of sp³-hybridized carbons (Fsp3) is 0.643. The van der Waals surface area contributed by atoms with E-state index in [0.29, 0.717) is 18.7 Å². The molecule has 106 valence electrons. The van der Waals surface area contributed by atoms with Crippen LogP contribution in [-0.2, 0) is 0 Å². The summed E-state index contributed by atoms with van der Waals surface area (Å²) in [5.41, 5.74) is 0.863. The number of β-amino-alcohol motifs (C(OH)–C–C–N with tert-alkyl or cyclic N) is 1. The standard InChI is InChI=1S/C14H23N3O2/c1-11-7-15-8-12(11)13(18)17-6-4-5-14(19,10-17)9-16(2)3/h7-8,15,19H,4-6,9-10H2,1-3H3. The van der Waals surface area contributed by atoms with Gasteiger partial charge in [-0.2, -0.15) is 0 Å². The highest BCUT2D eigenvalue weighted by molar-refractivity contribution is 5.95. The Bertz CT molecular complexity index is 455. The predicted molar refractivity (Wildman–Crippen MR) is 74.2 cm³/mol. The van der Waals surface area contributed by atoms with E-state index in [1.54, 1.807) is 11.1 Å². The number of likely N-dealkylation sites (N-methyl/N-ethyl adjacent to an activating group) is 1. The van der Waals surface area contributed by atoms with Crippen LogP contribution in [0.3, 0.4) is 0 Å². The van der Waals surface area contributed by atoms with Crippen LogP contribution in [0.5, 0.6) is 0 Å². The zero-order chi connectivity index (χ0) is 14.0. The van der Waals surface area contributed by atoms with Gasteiger partial charge >= 0.3 is 0 Å². The van der Waals surface area contributed by atoms with Crippen LogP contribution in [0.15, 0.2) is 12.4 Å². The lowest BCUT2D eigenvalue weighted by molar-refractivity contribution is -0.0391. The zero-order valence-corrected chi connectivity index (χ0v) is 11.9. The molecular formula is C14H23N3O2. The summed E-state index contributed by atoms with van der Waals surface area (Å²) in [4.78, 5) is 19.1. The highest BCUT2D eigenvalue weighted by Crippen LogP contribution is 2.23. The summed E-state index contributed by atoms with van der Waals surface area (Å²) < 4.78 is 0. The van der Waals surface area contributed by atoms with E-state index in [0.717, 1.165) is 24.9 Å². The predicted octanol–water partition coefficient (Wildman–Crippen LogP) is 0.852. The van der Waals surface area contributed by atoms with Crippen LogP contribution in [-0.4, -0.2) is 65.1 Å². The number of likely N-dealkylation sites (tertiary alicyclic amines) is 1. The molecule has 19 heavy (non-hydrogen) atoms. The lowest BCUT2D eigenvalue weighted by Crippen LogP contribution is -2.54. The first-order valence-corrected chi connectivity index (χ1v) is 6.71. The van der Waals surface area contributed by atoms with Crippen molar-refractivity contribution in [1.29, 1.82) is 0 Å². The second-order valence-corrected chi connectivity index (χ2v) is 5.84. The van der Waals surface area contributed by atoms with E-state index in [1.807, 2.05) is 32.1 Å². The van der Waals surface area contributed by atoms with E-state index in [2.05, 4.69) is 4.98 Å². The van der Waals surface area contributed by atoms with E-state index in [4.69, 9.17) is 0 Å². The van der Waals surface area contributed by atoms with Gasteiger partial charge in [0.25, 0.3) is 5.91 Å². The first kappa shape index (κ1) is 14.1. The lowest BCUT2D eigenvalue weighted by Gasteiger charge is -2.40. The number of aliphatic hydroxyl groups is 1. The lowest BCUT2D eigenvalue weighted by atomic mass is 9.92. The number of H-pyrrole nitrogens is 1. The Morgan fingerprint density at radius 3 is 2.84 bits per heavy atom.